The molecular formula is C12H15N3O4. The lowest BCUT2D eigenvalue weighted by Crippen LogP contribution is -2.33. The summed E-state index contributed by atoms with van der Waals surface area (Å²) in [7, 11) is 0. The molecule has 1 aromatic carbocycles. The summed E-state index contributed by atoms with van der Waals surface area (Å²) in [6, 6.07) is 3.97. The van der Waals surface area contributed by atoms with E-state index < -0.39 is 11.0 Å². The van der Waals surface area contributed by atoms with Crippen molar-refractivity contribution in [1.82, 2.24) is 4.90 Å². The lowest BCUT2D eigenvalue weighted by atomic mass is 10.2. The van der Waals surface area contributed by atoms with Crippen LogP contribution < -0.4 is 5.32 Å². The number of amides is 2. The van der Waals surface area contributed by atoms with Crippen molar-refractivity contribution in [3.05, 3.63) is 33.9 Å². The Hall–Kier alpha value is -2.15. The van der Waals surface area contributed by atoms with Gasteiger partial charge in [-0.05, 0) is 25.0 Å². The first kappa shape index (κ1) is 13.3. The minimum atomic E-state index is -0.477. The van der Waals surface area contributed by atoms with Gasteiger partial charge in [0.2, 0.25) is 0 Å². The number of nitrogens with one attached hydrogen (secondary N) is 1. The number of non-ortho nitro benzene ring substituents is 1. The average Bonchev–Trinajstić information content (AvgIpc) is 2.78. The van der Waals surface area contributed by atoms with E-state index in [1.165, 1.54) is 23.1 Å². The number of rotatable bonds is 2. The average molecular weight is 265 g/mol. The van der Waals surface area contributed by atoms with Crippen molar-refractivity contribution in [2.75, 3.05) is 18.4 Å². The van der Waals surface area contributed by atoms with E-state index in [1.54, 1.807) is 6.92 Å². The zero-order valence-electron chi connectivity index (χ0n) is 10.5. The molecule has 1 fully saturated rings. The van der Waals surface area contributed by atoms with E-state index in [2.05, 4.69) is 5.32 Å². The Morgan fingerprint density at radius 2 is 2.32 bits per heavy atom. The zero-order chi connectivity index (χ0) is 14.0. The molecule has 1 aromatic rings. The largest absolute Gasteiger partial charge is 0.391 e. The molecule has 7 nitrogen and oxygen atoms in total. The number of aliphatic hydroxyl groups excluding tert-OH is 1. The molecule has 1 aliphatic heterocycles. The highest BCUT2D eigenvalue weighted by Gasteiger charge is 2.24. The number of aliphatic hydroxyl groups is 1. The van der Waals surface area contributed by atoms with Gasteiger partial charge in [-0.3, -0.25) is 10.1 Å². The highest BCUT2D eigenvalue weighted by atomic mass is 16.6. The van der Waals surface area contributed by atoms with Crippen LogP contribution in [-0.4, -0.2) is 40.2 Å². The Morgan fingerprint density at radius 3 is 2.84 bits per heavy atom. The van der Waals surface area contributed by atoms with E-state index in [0.717, 1.165) is 0 Å². The molecule has 2 rings (SSSR count). The third kappa shape index (κ3) is 3.00. The number of likely N-dealkylation sites (tertiary alicyclic amines) is 1. The van der Waals surface area contributed by atoms with Gasteiger partial charge in [0.05, 0.1) is 11.0 Å². The minimum Gasteiger partial charge on any atom is -0.391 e. The van der Waals surface area contributed by atoms with Gasteiger partial charge in [0, 0.05) is 30.9 Å². The summed E-state index contributed by atoms with van der Waals surface area (Å²) in [5, 5.41) is 22.7. The van der Waals surface area contributed by atoms with Crippen molar-refractivity contribution >= 4 is 17.4 Å². The Kier molecular flexibility index (Phi) is 3.66. The number of β-amino-alcohol motifs (C(OH)–C–C–N with tert-alkyl or cyclic N) is 1. The Morgan fingerprint density at radius 1 is 1.58 bits per heavy atom. The normalized spacial score (nSPS) is 18.4. The molecular weight excluding hydrogens is 250 g/mol. The van der Waals surface area contributed by atoms with Crippen molar-refractivity contribution in [2.45, 2.75) is 19.4 Å². The molecule has 7 heteroatoms. The van der Waals surface area contributed by atoms with E-state index in [4.69, 9.17) is 0 Å². The minimum absolute atomic E-state index is 0.00732. The number of hydrogen-bond acceptors (Lipinski definition) is 4. The lowest BCUT2D eigenvalue weighted by Gasteiger charge is -2.17. The highest BCUT2D eigenvalue weighted by molar-refractivity contribution is 5.90. The number of anilines is 1. The van der Waals surface area contributed by atoms with Crippen LogP contribution in [0.1, 0.15) is 12.0 Å². The van der Waals surface area contributed by atoms with Gasteiger partial charge in [-0.15, -0.1) is 0 Å². The standard InChI is InChI=1S/C12H15N3O4/c1-8-6-9(15(18)19)2-3-11(8)13-12(17)14-5-4-10(16)7-14/h2-3,6,10,16H,4-5,7H2,1H3,(H,13,17). The van der Waals surface area contributed by atoms with Crippen LogP contribution in [0.2, 0.25) is 0 Å². The van der Waals surface area contributed by atoms with Gasteiger partial charge < -0.3 is 15.3 Å². The van der Waals surface area contributed by atoms with E-state index in [1.807, 2.05) is 0 Å². The summed E-state index contributed by atoms with van der Waals surface area (Å²) in [6.07, 6.45) is 0.107. The zero-order valence-corrected chi connectivity index (χ0v) is 10.5. The van der Waals surface area contributed by atoms with Crippen LogP contribution in [-0.2, 0) is 0 Å². The monoisotopic (exact) mass is 265 g/mol. The predicted octanol–water partition coefficient (Wildman–Crippen LogP) is 1.50. The molecule has 0 bridgehead atoms. The van der Waals surface area contributed by atoms with Crippen LogP contribution in [0.5, 0.6) is 0 Å². The Labute approximate surface area is 110 Å². The number of benzene rings is 1. The van der Waals surface area contributed by atoms with Gasteiger partial charge in [-0.1, -0.05) is 0 Å². The number of nitro benzene ring substituents is 1. The number of hydrogen-bond donors (Lipinski definition) is 2. The number of urea groups is 1. The molecule has 1 aliphatic rings. The Bertz CT molecular complexity index is 518. The van der Waals surface area contributed by atoms with Crippen LogP contribution >= 0.6 is 0 Å². The maximum absolute atomic E-state index is 11.9. The molecule has 1 unspecified atom stereocenters. The third-order valence-corrected chi connectivity index (χ3v) is 3.11. The molecule has 2 amide bonds. The first-order chi connectivity index (χ1) is 8.97. The van der Waals surface area contributed by atoms with E-state index in [-0.39, 0.29) is 11.7 Å². The van der Waals surface area contributed by atoms with Gasteiger partial charge in [0.25, 0.3) is 5.69 Å². The molecule has 1 atom stereocenters. The van der Waals surface area contributed by atoms with Crippen LogP contribution in [0.15, 0.2) is 18.2 Å². The highest BCUT2D eigenvalue weighted by Crippen LogP contribution is 2.22. The lowest BCUT2D eigenvalue weighted by molar-refractivity contribution is -0.384. The fourth-order valence-electron chi connectivity index (χ4n) is 2.02. The molecule has 0 aliphatic carbocycles. The van der Waals surface area contributed by atoms with Gasteiger partial charge in [0.1, 0.15) is 0 Å². The van der Waals surface area contributed by atoms with E-state index in [0.29, 0.717) is 30.8 Å². The molecule has 0 saturated carbocycles. The molecule has 102 valence electrons. The Balaban J connectivity index is 2.07. The van der Waals surface area contributed by atoms with Crippen LogP contribution in [0.3, 0.4) is 0 Å². The molecule has 1 heterocycles. The number of aryl methyl sites for hydroxylation is 1. The molecule has 0 aromatic heterocycles. The second-order valence-electron chi connectivity index (χ2n) is 4.58. The van der Waals surface area contributed by atoms with Crippen molar-refractivity contribution in [3.8, 4) is 0 Å². The molecule has 2 N–H and O–H groups in total. The van der Waals surface area contributed by atoms with Crippen LogP contribution in [0.4, 0.5) is 16.2 Å². The summed E-state index contributed by atoms with van der Waals surface area (Å²) in [5.74, 6) is 0. The SMILES string of the molecule is Cc1cc([N+](=O)[O-])ccc1NC(=O)N1CCC(O)C1. The van der Waals surface area contributed by atoms with E-state index in [9.17, 15) is 20.0 Å². The predicted molar refractivity (Wildman–Crippen MR) is 69.0 cm³/mol. The summed E-state index contributed by atoms with van der Waals surface area (Å²) in [6.45, 7) is 2.53. The number of nitro groups is 1. The quantitative estimate of drug-likeness (QED) is 0.625. The third-order valence-electron chi connectivity index (χ3n) is 3.11. The summed E-state index contributed by atoms with van der Waals surface area (Å²) < 4.78 is 0. The van der Waals surface area contributed by atoms with Crippen molar-refractivity contribution in [3.63, 3.8) is 0 Å². The van der Waals surface area contributed by atoms with Gasteiger partial charge in [-0.2, -0.15) is 0 Å². The van der Waals surface area contributed by atoms with E-state index >= 15 is 0 Å². The van der Waals surface area contributed by atoms with Crippen LogP contribution in [0, 0.1) is 17.0 Å². The van der Waals surface area contributed by atoms with Gasteiger partial charge >= 0.3 is 6.03 Å². The topological polar surface area (TPSA) is 95.7 Å². The smallest absolute Gasteiger partial charge is 0.321 e. The maximum Gasteiger partial charge on any atom is 0.321 e. The van der Waals surface area contributed by atoms with Crippen molar-refractivity contribution in [1.29, 1.82) is 0 Å². The van der Waals surface area contributed by atoms with Gasteiger partial charge in [0.15, 0.2) is 0 Å². The van der Waals surface area contributed by atoms with Crippen LogP contribution in [0.25, 0.3) is 0 Å². The summed E-state index contributed by atoms with van der Waals surface area (Å²) in [5.41, 5.74) is 1.16. The maximum atomic E-state index is 11.9. The van der Waals surface area contributed by atoms with Crippen molar-refractivity contribution < 1.29 is 14.8 Å². The second kappa shape index (κ2) is 5.23. The summed E-state index contributed by atoms with van der Waals surface area (Å²) in [4.78, 5) is 23.6. The fraction of sp³-hybridized carbons (Fsp3) is 0.417. The first-order valence-electron chi connectivity index (χ1n) is 5.96. The fourth-order valence-corrected chi connectivity index (χ4v) is 2.02. The second-order valence-corrected chi connectivity index (χ2v) is 4.58. The molecule has 0 spiro atoms. The number of nitrogens with zero attached hydrogens (tertiary/aromatic N) is 2. The van der Waals surface area contributed by atoms with Gasteiger partial charge in [-0.25, -0.2) is 4.79 Å². The van der Waals surface area contributed by atoms with Crippen molar-refractivity contribution in [2.24, 2.45) is 0 Å². The molecule has 0 radical (unpaired) electrons. The molecule has 19 heavy (non-hydrogen) atoms. The first-order valence-corrected chi connectivity index (χ1v) is 5.96. The molecule has 1 saturated heterocycles. The number of carbonyl (C=O) groups excluding carboxylic acids is 1. The number of carbonyl (C=O) groups is 1. The summed E-state index contributed by atoms with van der Waals surface area (Å²) >= 11 is 0.